The van der Waals surface area contributed by atoms with E-state index in [1.165, 1.54) is 5.56 Å². The van der Waals surface area contributed by atoms with Crippen molar-refractivity contribution >= 4 is 12.0 Å². The highest BCUT2D eigenvalue weighted by Gasteiger charge is 2.28. The Kier molecular flexibility index (Phi) is 5.89. The van der Waals surface area contributed by atoms with Gasteiger partial charge in [0, 0.05) is 38.6 Å². The fourth-order valence-corrected chi connectivity index (χ4v) is 3.24. The molecule has 0 radical (unpaired) electrons. The van der Waals surface area contributed by atoms with E-state index >= 15 is 0 Å². The van der Waals surface area contributed by atoms with Crippen molar-refractivity contribution in [2.75, 3.05) is 32.7 Å². The number of carbonyl (C=O) groups is 1. The predicted molar refractivity (Wildman–Crippen MR) is 103 cm³/mol. The maximum Gasteiger partial charge on any atom is 0.259 e. The lowest BCUT2D eigenvalue weighted by atomic mass is 10.0. The standard InChI is InChI=1S/C21H27N3O2/c1-16(2)20-19(17(3)22-26-20)21(25)24-14-12-23(13-15-24)11-7-10-18-8-5-4-6-9-18/h4-10,16H,11-15H2,1-3H3/b10-7+. The van der Waals surface area contributed by atoms with Gasteiger partial charge in [-0.15, -0.1) is 0 Å². The summed E-state index contributed by atoms with van der Waals surface area (Å²) >= 11 is 0. The summed E-state index contributed by atoms with van der Waals surface area (Å²) in [5.41, 5.74) is 2.55. The van der Waals surface area contributed by atoms with E-state index in [4.69, 9.17) is 4.52 Å². The summed E-state index contributed by atoms with van der Waals surface area (Å²) in [4.78, 5) is 17.2. The first-order chi connectivity index (χ1) is 12.6. The molecule has 5 heteroatoms. The number of benzene rings is 1. The summed E-state index contributed by atoms with van der Waals surface area (Å²) in [5.74, 6) is 0.896. The second-order valence-electron chi connectivity index (χ2n) is 7.07. The van der Waals surface area contributed by atoms with Gasteiger partial charge >= 0.3 is 0 Å². The summed E-state index contributed by atoms with van der Waals surface area (Å²) in [5, 5.41) is 4.00. The Hall–Kier alpha value is -2.40. The SMILES string of the molecule is Cc1noc(C(C)C)c1C(=O)N1CCN(C/C=C/c2ccccc2)CC1. The number of nitrogens with zero attached hydrogens (tertiary/aromatic N) is 3. The van der Waals surface area contributed by atoms with Crippen LogP contribution in [0.2, 0.25) is 0 Å². The van der Waals surface area contributed by atoms with E-state index in [0.717, 1.165) is 32.7 Å². The third kappa shape index (κ3) is 4.22. The number of rotatable bonds is 5. The van der Waals surface area contributed by atoms with Crippen LogP contribution in [0.5, 0.6) is 0 Å². The number of hydrogen-bond donors (Lipinski definition) is 0. The fraction of sp³-hybridized carbons (Fsp3) is 0.429. The van der Waals surface area contributed by atoms with Crippen LogP contribution in [-0.4, -0.2) is 53.6 Å². The average Bonchev–Trinajstić information content (AvgIpc) is 3.04. The summed E-state index contributed by atoms with van der Waals surface area (Å²) in [6.45, 7) is 10.0. The monoisotopic (exact) mass is 353 g/mol. The molecule has 1 amide bonds. The molecule has 5 nitrogen and oxygen atoms in total. The van der Waals surface area contributed by atoms with Crippen LogP contribution in [-0.2, 0) is 0 Å². The van der Waals surface area contributed by atoms with Crippen molar-refractivity contribution in [2.24, 2.45) is 0 Å². The molecule has 26 heavy (non-hydrogen) atoms. The lowest BCUT2D eigenvalue weighted by molar-refractivity contribution is 0.0647. The van der Waals surface area contributed by atoms with Crippen LogP contribution < -0.4 is 0 Å². The molecule has 0 unspecified atom stereocenters. The van der Waals surface area contributed by atoms with Crippen LogP contribution in [0.25, 0.3) is 6.08 Å². The first-order valence-corrected chi connectivity index (χ1v) is 9.25. The fourth-order valence-electron chi connectivity index (χ4n) is 3.24. The minimum absolute atomic E-state index is 0.0481. The van der Waals surface area contributed by atoms with Gasteiger partial charge in [-0.1, -0.05) is 61.5 Å². The number of aryl methyl sites for hydroxylation is 1. The number of hydrogen-bond acceptors (Lipinski definition) is 4. The van der Waals surface area contributed by atoms with Crippen molar-refractivity contribution in [3.8, 4) is 0 Å². The minimum atomic E-state index is 0.0481. The Balaban J connectivity index is 1.54. The van der Waals surface area contributed by atoms with Gasteiger partial charge in [0.15, 0.2) is 5.76 Å². The predicted octanol–water partition coefficient (Wildman–Crippen LogP) is 3.58. The van der Waals surface area contributed by atoms with E-state index in [2.05, 4.69) is 34.3 Å². The second kappa shape index (κ2) is 8.32. The quantitative estimate of drug-likeness (QED) is 0.824. The molecule has 2 aromatic rings. The molecule has 1 aliphatic rings. The van der Waals surface area contributed by atoms with Gasteiger partial charge in [-0.05, 0) is 12.5 Å². The molecule has 0 N–H and O–H groups in total. The highest BCUT2D eigenvalue weighted by molar-refractivity contribution is 5.96. The van der Waals surface area contributed by atoms with Gasteiger partial charge in [-0.2, -0.15) is 0 Å². The molecular weight excluding hydrogens is 326 g/mol. The van der Waals surface area contributed by atoms with Crippen LogP contribution in [0.3, 0.4) is 0 Å². The lowest BCUT2D eigenvalue weighted by Gasteiger charge is -2.34. The normalized spacial score (nSPS) is 15.9. The first-order valence-electron chi connectivity index (χ1n) is 9.25. The molecule has 1 fully saturated rings. The lowest BCUT2D eigenvalue weighted by Crippen LogP contribution is -2.48. The molecule has 2 heterocycles. The summed E-state index contributed by atoms with van der Waals surface area (Å²) in [6, 6.07) is 10.3. The van der Waals surface area contributed by atoms with Crippen molar-refractivity contribution in [2.45, 2.75) is 26.7 Å². The number of amides is 1. The zero-order valence-electron chi connectivity index (χ0n) is 15.8. The minimum Gasteiger partial charge on any atom is -0.360 e. The summed E-state index contributed by atoms with van der Waals surface area (Å²) in [6.07, 6.45) is 4.33. The molecule has 1 aromatic heterocycles. The van der Waals surface area contributed by atoms with E-state index < -0.39 is 0 Å². The molecular formula is C21H27N3O2. The smallest absolute Gasteiger partial charge is 0.259 e. The van der Waals surface area contributed by atoms with Crippen LogP contribution in [0, 0.1) is 6.92 Å². The van der Waals surface area contributed by atoms with Crippen molar-refractivity contribution in [1.29, 1.82) is 0 Å². The Labute approximate surface area is 155 Å². The van der Waals surface area contributed by atoms with E-state index in [1.54, 1.807) is 0 Å². The number of aromatic nitrogens is 1. The third-order valence-electron chi connectivity index (χ3n) is 4.76. The van der Waals surface area contributed by atoms with Gasteiger partial charge in [0.2, 0.25) is 0 Å². The van der Waals surface area contributed by atoms with E-state index in [1.807, 2.05) is 43.9 Å². The maximum absolute atomic E-state index is 12.9. The van der Waals surface area contributed by atoms with Crippen molar-refractivity contribution in [3.05, 3.63) is 59.0 Å². The summed E-state index contributed by atoms with van der Waals surface area (Å²) in [7, 11) is 0. The first kappa shape index (κ1) is 18.4. The van der Waals surface area contributed by atoms with Gasteiger partial charge < -0.3 is 9.42 Å². The maximum atomic E-state index is 12.9. The Morgan fingerprint density at radius 1 is 1.19 bits per heavy atom. The van der Waals surface area contributed by atoms with Gasteiger partial charge in [0.25, 0.3) is 5.91 Å². The average molecular weight is 353 g/mol. The zero-order valence-corrected chi connectivity index (χ0v) is 15.8. The van der Waals surface area contributed by atoms with Crippen LogP contribution >= 0.6 is 0 Å². The number of piperazine rings is 1. The van der Waals surface area contributed by atoms with Crippen LogP contribution in [0.15, 0.2) is 40.9 Å². The molecule has 0 saturated carbocycles. The summed E-state index contributed by atoms with van der Waals surface area (Å²) < 4.78 is 5.37. The largest absolute Gasteiger partial charge is 0.360 e. The topological polar surface area (TPSA) is 49.6 Å². The zero-order chi connectivity index (χ0) is 18.5. The molecule has 1 saturated heterocycles. The van der Waals surface area contributed by atoms with Crippen molar-refractivity contribution < 1.29 is 9.32 Å². The van der Waals surface area contributed by atoms with Crippen LogP contribution in [0.4, 0.5) is 0 Å². The Morgan fingerprint density at radius 3 is 2.54 bits per heavy atom. The van der Waals surface area contributed by atoms with Crippen molar-refractivity contribution in [3.63, 3.8) is 0 Å². The van der Waals surface area contributed by atoms with E-state index in [0.29, 0.717) is 17.0 Å². The number of carbonyl (C=O) groups excluding carboxylic acids is 1. The third-order valence-corrected chi connectivity index (χ3v) is 4.76. The highest BCUT2D eigenvalue weighted by Crippen LogP contribution is 2.24. The van der Waals surface area contributed by atoms with Gasteiger partial charge in [0.1, 0.15) is 5.56 Å². The molecule has 3 rings (SSSR count). The molecule has 1 aromatic carbocycles. The Morgan fingerprint density at radius 2 is 1.88 bits per heavy atom. The van der Waals surface area contributed by atoms with Crippen LogP contribution in [0.1, 0.15) is 47.1 Å². The molecule has 0 spiro atoms. The molecule has 0 bridgehead atoms. The van der Waals surface area contributed by atoms with Gasteiger partial charge in [-0.25, -0.2) is 0 Å². The van der Waals surface area contributed by atoms with E-state index in [-0.39, 0.29) is 11.8 Å². The molecule has 0 aliphatic carbocycles. The van der Waals surface area contributed by atoms with Gasteiger partial charge in [-0.3, -0.25) is 9.69 Å². The Bertz CT molecular complexity index is 757. The van der Waals surface area contributed by atoms with Gasteiger partial charge in [0.05, 0.1) is 5.69 Å². The molecule has 0 atom stereocenters. The highest BCUT2D eigenvalue weighted by atomic mass is 16.5. The van der Waals surface area contributed by atoms with Crippen molar-refractivity contribution in [1.82, 2.24) is 15.0 Å². The van der Waals surface area contributed by atoms with E-state index in [9.17, 15) is 4.79 Å². The molecule has 138 valence electrons. The molecule has 1 aliphatic heterocycles. The second-order valence-corrected chi connectivity index (χ2v) is 7.07.